The van der Waals surface area contributed by atoms with Crippen molar-refractivity contribution in [3.8, 4) is 10.4 Å². The standard InChI is InChI=1S/C23H25F3N4OS2/c1-14(30-9-4-3-5-10-30)11-20-27-22(33-29-20)28-21(31)18-13-19(32-15(18)2)16-7-6-8-17(12-16)23(24,25)26/h6-8,12-14H,3-5,9-11H2,1-2H3,(H,27,28,29,31). The number of rotatable bonds is 6. The number of benzene rings is 1. The lowest BCUT2D eigenvalue weighted by atomic mass is 10.1. The maximum Gasteiger partial charge on any atom is 0.416 e. The third-order valence-corrected chi connectivity index (χ3v) is 7.59. The number of carbonyl (C=O) groups excluding carboxylic acids is 1. The van der Waals surface area contributed by atoms with Crippen LogP contribution in [0.3, 0.4) is 0 Å². The van der Waals surface area contributed by atoms with Gasteiger partial charge in [0.25, 0.3) is 5.91 Å². The highest BCUT2D eigenvalue weighted by molar-refractivity contribution is 7.15. The fourth-order valence-electron chi connectivity index (χ4n) is 4.00. The average Bonchev–Trinajstić information content (AvgIpc) is 3.40. The van der Waals surface area contributed by atoms with Crippen molar-refractivity contribution in [1.82, 2.24) is 14.3 Å². The Morgan fingerprint density at radius 2 is 1.97 bits per heavy atom. The van der Waals surface area contributed by atoms with Crippen molar-refractivity contribution in [3.05, 3.63) is 52.2 Å². The Morgan fingerprint density at radius 1 is 1.21 bits per heavy atom. The van der Waals surface area contributed by atoms with E-state index in [1.165, 1.54) is 36.7 Å². The van der Waals surface area contributed by atoms with Crippen LogP contribution in [-0.4, -0.2) is 39.3 Å². The number of nitrogens with zero attached hydrogens (tertiary/aromatic N) is 3. The Hall–Kier alpha value is -2.30. The van der Waals surface area contributed by atoms with E-state index in [2.05, 4.69) is 26.5 Å². The van der Waals surface area contributed by atoms with Crippen molar-refractivity contribution in [2.24, 2.45) is 0 Å². The molecule has 1 saturated heterocycles. The Bertz CT molecular complexity index is 1120. The summed E-state index contributed by atoms with van der Waals surface area (Å²) in [4.78, 5) is 21.1. The van der Waals surface area contributed by atoms with Gasteiger partial charge in [0.1, 0.15) is 5.82 Å². The number of hydrogen-bond donors (Lipinski definition) is 1. The second kappa shape index (κ2) is 9.90. The maximum atomic E-state index is 13.1. The van der Waals surface area contributed by atoms with E-state index < -0.39 is 11.7 Å². The molecule has 1 amide bonds. The van der Waals surface area contributed by atoms with Crippen molar-refractivity contribution in [3.63, 3.8) is 0 Å². The molecule has 5 nitrogen and oxygen atoms in total. The molecule has 1 fully saturated rings. The molecule has 1 unspecified atom stereocenters. The molecule has 3 heterocycles. The first-order valence-corrected chi connectivity index (χ1v) is 12.5. The third-order valence-electron chi connectivity index (χ3n) is 5.82. The predicted molar refractivity (Wildman–Crippen MR) is 126 cm³/mol. The molecule has 176 valence electrons. The second-order valence-corrected chi connectivity index (χ2v) is 10.3. The monoisotopic (exact) mass is 494 g/mol. The summed E-state index contributed by atoms with van der Waals surface area (Å²) >= 11 is 2.43. The summed E-state index contributed by atoms with van der Waals surface area (Å²) in [5.74, 6) is 0.369. The van der Waals surface area contributed by atoms with Crippen LogP contribution in [-0.2, 0) is 12.6 Å². The molecule has 33 heavy (non-hydrogen) atoms. The van der Waals surface area contributed by atoms with Crippen molar-refractivity contribution in [2.45, 2.75) is 51.7 Å². The lowest BCUT2D eigenvalue weighted by Crippen LogP contribution is -2.38. The van der Waals surface area contributed by atoms with E-state index in [-0.39, 0.29) is 5.91 Å². The van der Waals surface area contributed by atoms with Gasteiger partial charge in [-0.3, -0.25) is 10.1 Å². The van der Waals surface area contributed by atoms with Gasteiger partial charge in [0.15, 0.2) is 0 Å². The predicted octanol–water partition coefficient (Wildman–Crippen LogP) is 6.26. The second-order valence-electron chi connectivity index (χ2n) is 8.28. The summed E-state index contributed by atoms with van der Waals surface area (Å²) in [7, 11) is 0. The lowest BCUT2D eigenvalue weighted by Gasteiger charge is -2.31. The zero-order chi connectivity index (χ0) is 23.6. The zero-order valence-electron chi connectivity index (χ0n) is 18.4. The van der Waals surface area contributed by atoms with Crippen LogP contribution in [0.5, 0.6) is 0 Å². The number of likely N-dealkylation sites (tertiary alicyclic amines) is 1. The van der Waals surface area contributed by atoms with Crippen LogP contribution in [0.1, 0.15) is 52.8 Å². The van der Waals surface area contributed by atoms with E-state index in [0.717, 1.165) is 48.1 Å². The molecule has 1 atom stereocenters. The molecule has 2 aromatic heterocycles. The van der Waals surface area contributed by atoms with E-state index in [1.54, 1.807) is 19.1 Å². The minimum atomic E-state index is -4.41. The number of halogens is 3. The molecule has 0 aliphatic carbocycles. The SMILES string of the molecule is Cc1sc(-c2cccc(C(F)(F)F)c2)cc1C(=O)Nc1nc(CC(C)N2CCCCC2)ns1. The molecule has 0 radical (unpaired) electrons. The minimum Gasteiger partial charge on any atom is -0.300 e. The first-order chi connectivity index (χ1) is 15.7. The summed E-state index contributed by atoms with van der Waals surface area (Å²) < 4.78 is 43.5. The average molecular weight is 495 g/mol. The molecule has 1 aliphatic heterocycles. The van der Waals surface area contributed by atoms with Gasteiger partial charge in [0, 0.05) is 33.7 Å². The molecule has 1 aromatic carbocycles. The first kappa shape index (κ1) is 23.8. The summed E-state index contributed by atoms with van der Waals surface area (Å²) in [5, 5.41) is 3.21. The molecule has 1 N–H and O–H groups in total. The number of nitrogens with one attached hydrogen (secondary N) is 1. The number of alkyl halides is 3. The molecular weight excluding hydrogens is 469 g/mol. The molecule has 1 aliphatic rings. The van der Waals surface area contributed by atoms with Crippen molar-refractivity contribution >= 4 is 33.9 Å². The fraction of sp³-hybridized carbons (Fsp3) is 0.435. The third kappa shape index (κ3) is 5.80. The highest BCUT2D eigenvalue weighted by Gasteiger charge is 2.30. The molecule has 3 aromatic rings. The number of anilines is 1. The van der Waals surface area contributed by atoms with Crippen molar-refractivity contribution in [2.75, 3.05) is 18.4 Å². The van der Waals surface area contributed by atoms with Crippen LogP contribution in [0.25, 0.3) is 10.4 Å². The number of aromatic nitrogens is 2. The molecule has 0 bridgehead atoms. The Labute approximate surface area is 198 Å². The highest BCUT2D eigenvalue weighted by Crippen LogP contribution is 2.36. The van der Waals surface area contributed by atoms with Crippen LogP contribution < -0.4 is 5.32 Å². The van der Waals surface area contributed by atoms with E-state index >= 15 is 0 Å². The van der Waals surface area contributed by atoms with Crippen LogP contribution in [0.4, 0.5) is 18.3 Å². The van der Waals surface area contributed by atoms with Gasteiger partial charge in [0.2, 0.25) is 5.13 Å². The number of carbonyl (C=O) groups is 1. The topological polar surface area (TPSA) is 58.1 Å². The normalized spacial score (nSPS) is 16.0. The summed E-state index contributed by atoms with van der Waals surface area (Å²) in [6.45, 7) is 6.15. The zero-order valence-corrected chi connectivity index (χ0v) is 20.0. The van der Waals surface area contributed by atoms with Crippen LogP contribution in [0.2, 0.25) is 0 Å². The largest absolute Gasteiger partial charge is 0.416 e. The van der Waals surface area contributed by atoms with Crippen LogP contribution in [0.15, 0.2) is 30.3 Å². The molecule has 10 heteroatoms. The van der Waals surface area contributed by atoms with Gasteiger partial charge in [0.05, 0.1) is 11.1 Å². The number of piperidine rings is 1. The molecule has 0 saturated carbocycles. The Balaban J connectivity index is 1.43. The summed E-state index contributed by atoms with van der Waals surface area (Å²) in [6.07, 6.45) is 0.0379. The number of hydrogen-bond acceptors (Lipinski definition) is 6. The van der Waals surface area contributed by atoms with E-state index in [9.17, 15) is 18.0 Å². The van der Waals surface area contributed by atoms with E-state index in [4.69, 9.17) is 0 Å². The van der Waals surface area contributed by atoms with Crippen molar-refractivity contribution in [1.29, 1.82) is 0 Å². The maximum absolute atomic E-state index is 13.1. The summed E-state index contributed by atoms with van der Waals surface area (Å²) in [5.41, 5.74) is 0.143. The van der Waals surface area contributed by atoms with Crippen LogP contribution in [0, 0.1) is 6.92 Å². The van der Waals surface area contributed by atoms with Crippen molar-refractivity contribution < 1.29 is 18.0 Å². The number of aryl methyl sites for hydroxylation is 1. The van der Waals surface area contributed by atoms with Gasteiger partial charge >= 0.3 is 6.18 Å². The van der Waals surface area contributed by atoms with Gasteiger partial charge in [-0.25, -0.2) is 4.98 Å². The van der Waals surface area contributed by atoms with Gasteiger partial charge in [-0.1, -0.05) is 18.6 Å². The lowest BCUT2D eigenvalue weighted by molar-refractivity contribution is -0.137. The van der Waals surface area contributed by atoms with Gasteiger partial charge in [-0.2, -0.15) is 17.5 Å². The minimum absolute atomic E-state index is 0.339. The number of amides is 1. The van der Waals surface area contributed by atoms with Crippen LogP contribution >= 0.6 is 22.9 Å². The van der Waals surface area contributed by atoms with E-state index in [1.807, 2.05) is 0 Å². The highest BCUT2D eigenvalue weighted by atomic mass is 32.1. The number of thiophene rings is 1. The summed E-state index contributed by atoms with van der Waals surface area (Å²) in [6, 6.07) is 7.11. The Kier molecular flexibility index (Phi) is 7.16. The van der Waals surface area contributed by atoms with E-state index in [0.29, 0.717) is 33.0 Å². The van der Waals surface area contributed by atoms with Gasteiger partial charge < -0.3 is 4.90 Å². The Morgan fingerprint density at radius 3 is 2.70 bits per heavy atom. The quantitative estimate of drug-likeness (QED) is 0.439. The smallest absolute Gasteiger partial charge is 0.300 e. The molecular formula is C23H25F3N4OS2. The molecule has 0 spiro atoms. The fourth-order valence-corrected chi connectivity index (χ4v) is 5.61. The van der Waals surface area contributed by atoms with Gasteiger partial charge in [-0.05, 0) is 63.5 Å². The first-order valence-electron chi connectivity index (χ1n) is 10.9. The molecule has 4 rings (SSSR count). The van der Waals surface area contributed by atoms with Gasteiger partial charge in [-0.15, -0.1) is 11.3 Å².